The molecule has 13 heavy (non-hydrogen) atoms. The highest BCUT2D eigenvalue weighted by Crippen LogP contribution is 2.43. The molecule has 1 aromatic rings. The first-order chi connectivity index (χ1) is 6.29. The van der Waals surface area contributed by atoms with Crippen molar-refractivity contribution >= 4 is 11.6 Å². The van der Waals surface area contributed by atoms with E-state index in [1.165, 1.54) is 24.0 Å². The van der Waals surface area contributed by atoms with E-state index in [0.717, 1.165) is 18.0 Å². The van der Waals surface area contributed by atoms with E-state index in [1.54, 1.807) is 0 Å². The van der Waals surface area contributed by atoms with Crippen LogP contribution < -0.4 is 5.32 Å². The molecular formula is C11H12ClN. The smallest absolute Gasteiger partial charge is 0.0441 e. The van der Waals surface area contributed by atoms with Crippen LogP contribution in [0.25, 0.3) is 0 Å². The van der Waals surface area contributed by atoms with Crippen LogP contribution in [0.15, 0.2) is 18.2 Å². The molecule has 0 unspecified atom stereocenters. The van der Waals surface area contributed by atoms with Gasteiger partial charge in [-0.3, -0.25) is 0 Å². The minimum atomic E-state index is 0.429. The highest BCUT2D eigenvalue weighted by atomic mass is 35.5. The van der Waals surface area contributed by atoms with Gasteiger partial charge in [-0.1, -0.05) is 23.7 Å². The molecule has 2 aliphatic rings. The number of rotatable bonds is 0. The Bertz CT molecular complexity index is 355. The Morgan fingerprint density at radius 2 is 2.15 bits per heavy atom. The van der Waals surface area contributed by atoms with Crippen LogP contribution >= 0.6 is 11.6 Å². The first kappa shape index (κ1) is 7.84. The molecule has 1 fully saturated rings. The van der Waals surface area contributed by atoms with Gasteiger partial charge in [0.15, 0.2) is 0 Å². The van der Waals surface area contributed by atoms with E-state index >= 15 is 0 Å². The van der Waals surface area contributed by atoms with Crippen molar-refractivity contribution in [3.05, 3.63) is 34.3 Å². The summed E-state index contributed by atoms with van der Waals surface area (Å²) in [6.45, 7) is 0.996. The van der Waals surface area contributed by atoms with Gasteiger partial charge in [0.05, 0.1) is 0 Å². The van der Waals surface area contributed by atoms with Crippen LogP contribution in [0.3, 0.4) is 0 Å². The lowest BCUT2D eigenvalue weighted by atomic mass is 9.94. The van der Waals surface area contributed by atoms with Crippen molar-refractivity contribution in [1.82, 2.24) is 5.32 Å². The number of hydrogen-bond acceptors (Lipinski definition) is 1. The molecule has 0 amide bonds. The van der Waals surface area contributed by atoms with Crippen molar-refractivity contribution in [3.63, 3.8) is 0 Å². The molecule has 1 heterocycles. The molecule has 0 atom stereocenters. The number of fused-ring (bicyclic) bond motifs is 1. The summed E-state index contributed by atoms with van der Waals surface area (Å²) >= 11 is 6.17. The van der Waals surface area contributed by atoms with E-state index < -0.39 is 0 Å². The molecular weight excluding hydrogens is 182 g/mol. The van der Waals surface area contributed by atoms with Crippen LogP contribution in [0.4, 0.5) is 0 Å². The Morgan fingerprint density at radius 3 is 2.92 bits per heavy atom. The molecule has 1 saturated carbocycles. The average molecular weight is 194 g/mol. The van der Waals surface area contributed by atoms with E-state index in [0.29, 0.717) is 5.54 Å². The summed E-state index contributed by atoms with van der Waals surface area (Å²) in [4.78, 5) is 0. The fraction of sp³-hybridized carbons (Fsp3) is 0.455. The van der Waals surface area contributed by atoms with Gasteiger partial charge in [-0.25, -0.2) is 0 Å². The molecule has 1 aliphatic heterocycles. The number of nitrogens with one attached hydrogen (secondary N) is 1. The van der Waals surface area contributed by atoms with Gasteiger partial charge in [0.1, 0.15) is 0 Å². The molecule has 68 valence electrons. The first-order valence-corrected chi connectivity index (χ1v) is 5.18. The Kier molecular flexibility index (Phi) is 1.50. The SMILES string of the molecule is Clc1cccc2c1CC1(CC1)NC2. The summed E-state index contributed by atoms with van der Waals surface area (Å²) in [7, 11) is 0. The van der Waals surface area contributed by atoms with Crippen LogP contribution in [0.5, 0.6) is 0 Å². The van der Waals surface area contributed by atoms with Crippen molar-refractivity contribution in [1.29, 1.82) is 0 Å². The third-order valence-electron chi connectivity index (χ3n) is 3.24. The average Bonchev–Trinajstić information content (AvgIpc) is 2.88. The quantitative estimate of drug-likeness (QED) is 0.668. The molecule has 0 aromatic heterocycles. The van der Waals surface area contributed by atoms with E-state index in [1.807, 2.05) is 12.1 Å². The summed E-state index contributed by atoms with van der Waals surface area (Å²) in [6, 6.07) is 6.21. The topological polar surface area (TPSA) is 12.0 Å². The molecule has 1 N–H and O–H groups in total. The van der Waals surface area contributed by atoms with Crippen molar-refractivity contribution in [3.8, 4) is 0 Å². The summed E-state index contributed by atoms with van der Waals surface area (Å²) in [5.74, 6) is 0. The van der Waals surface area contributed by atoms with E-state index in [4.69, 9.17) is 11.6 Å². The van der Waals surface area contributed by atoms with Crippen molar-refractivity contribution in [2.45, 2.75) is 31.3 Å². The lowest BCUT2D eigenvalue weighted by molar-refractivity contribution is 0.464. The van der Waals surface area contributed by atoms with Gasteiger partial charge >= 0.3 is 0 Å². The molecule has 0 saturated heterocycles. The zero-order valence-corrected chi connectivity index (χ0v) is 8.19. The maximum Gasteiger partial charge on any atom is 0.0441 e. The van der Waals surface area contributed by atoms with Gasteiger partial charge in [-0.2, -0.15) is 0 Å². The molecule has 3 rings (SSSR count). The minimum Gasteiger partial charge on any atom is -0.307 e. The second-order valence-electron chi connectivity index (χ2n) is 4.19. The maximum absolute atomic E-state index is 6.17. The fourth-order valence-corrected chi connectivity index (χ4v) is 2.42. The third-order valence-corrected chi connectivity index (χ3v) is 3.59. The highest BCUT2D eigenvalue weighted by Gasteiger charge is 2.44. The predicted molar refractivity (Wildman–Crippen MR) is 54.0 cm³/mol. The first-order valence-electron chi connectivity index (χ1n) is 4.80. The van der Waals surface area contributed by atoms with Gasteiger partial charge in [0.2, 0.25) is 0 Å². The summed E-state index contributed by atoms with van der Waals surface area (Å²) in [5.41, 5.74) is 3.18. The van der Waals surface area contributed by atoms with Gasteiger partial charge in [0, 0.05) is 17.1 Å². The van der Waals surface area contributed by atoms with Gasteiger partial charge in [-0.15, -0.1) is 0 Å². The van der Waals surface area contributed by atoms with E-state index in [-0.39, 0.29) is 0 Å². The maximum atomic E-state index is 6.17. The standard InChI is InChI=1S/C11H12ClN/c12-10-3-1-2-8-7-13-11(4-5-11)6-9(8)10/h1-3,13H,4-7H2. The van der Waals surface area contributed by atoms with Crippen LogP contribution in [-0.2, 0) is 13.0 Å². The fourth-order valence-electron chi connectivity index (χ4n) is 2.15. The zero-order chi connectivity index (χ0) is 8.89. The Balaban J connectivity index is 2.06. The van der Waals surface area contributed by atoms with Crippen LogP contribution in [-0.4, -0.2) is 5.54 Å². The molecule has 0 radical (unpaired) electrons. The minimum absolute atomic E-state index is 0.429. The van der Waals surface area contributed by atoms with Crippen molar-refractivity contribution in [2.75, 3.05) is 0 Å². The monoisotopic (exact) mass is 193 g/mol. The molecule has 2 heteroatoms. The third kappa shape index (κ3) is 1.18. The normalized spacial score (nSPS) is 22.8. The molecule has 1 nitrogen and oxygen atoms in total. The Hall–Kier alpha value is -0.530. The van der Waals surface area contributed by atoms with Gasteiger partial charge in [-0.05, 0) is 36.5 Å². The van der Waals surface area contributed by atoms with Crippen molar-refractivity contribution in [2.24, 2.45) is 0 Å². The molecule has 1 aromatic carbocycles. The summed E-state index contributed by atoms with van der Waals surface area (Å²) < 4.78 is 0. The van der Waals surface area contributed by atoms with Gasteiger partial charge in [0.25, 0.3) is 0 Å². The number of benzene rings is 1. The Morgan fingerprint density at radius 1 is 1.31 bits per heavy atom. The molecule has 0 bridgehead atoms. The zero-order valence-electron chi connectivity index (χ0n) is 7.44. The largest absolute Gasteiger partial charge is 0.307 e. The number of hydrogen-bond donors (Lipinski definition) is 1. The van der Waals surface area contributed by atoms with Crippen LogP contribution in [0.2, 0.25) is 5.02 Å². The summed E-state index contributed by atoms with van der Waals surface area (Å²) in [6.07, 6.45) is 3.76. The molecule has 1 spiro atoms. The van der Waals surface area contributed by atoms with Crippen LogP contribution in [0, 0.1) is 0 Å². The van der Waals surface area contributed by atoms with E-state index in [9.17, 15) is 0 Å². The van der Waals surface area contributed by atoms with Gasteiger partial charge < -0.3 is 5.32 Å². The van der Waals surface area contributed by atoms with E-state index in [2.05, 4.69) is 11.4 Å². The lowest BCUT2D eigenvalue weighted by Crippen LogP contribution is -2.37. The summed E-state index contributed by atoms with van der Waals surface area (Å²) in [5, 5.41) is 4.54. The molecule has 1 aliphatic carbocycles. The highest BCUT2D eigenvalue weighted by molar-refractivity contribution is 6.31. The Labute approximate surface area is 83.1 Å². The second kappa shape index (κ2) is 2.49. The number of halogens is 1. The van der Waals surface area contributed by atoms with Crippen LogP contribution in [0.1, 0.15) is 24.0 Å². The second-order valence-corrected chi connectivity index (χ2v) is 4.60. The van der Waals surface area contributed by atoms with Crippen molar-refractivity contribution < 1.29 is 0 Å². The predicted octanol–water partition coefficient (Wildman–Crippen LogP) is 2.52. The lowest BCUT2D eigenvalue weighted by Gasteiger charge is -2.26.